The Labute approximate surface area is 164 Å². The molecule has 2 aromatic heterocycles. The molecule has 1 fully saturated rings. The van der Waals surface area contributed by atoms with Gasteiger partial charge in [-0.25, -0.2) is 9.97 Å². The Kier molecular flexibility index (Phi) is 5.60. The molecule has 1 atom stereocenters. The van der Waals surface area contributed by atoms with Gasteiger partial charge in [0.2, 0.25) is 11.8 Å². The van der Waals surface area contributed by atoms with Crippen LogP contribution in [0.1, 0.15) is 55.8 Å². The van der Waals surface area contributed by atoms with Gasteiger partial charge in [-0.2, -0.15) is 0 Å². The summed E-state index contributed by atoms with van der Waals surface area (Å²) in [6.45, 7) is 0.810. The third-order valence-corrected chi connectivity index (χ3v) is 5.44. The van der Waals surface area contributed by atoms with Crippen molar-refractivity contribution in [1.82, 2.24) is 25.2 Å². The summed E-state index contributed by atoms with van der Waals surface area (Å²) in [5.74, 6) is 0.638. The lowest BCUT2D eigenvalue weighted by atomic mass is 9.92. The van der Waals surface area contributed by atoms with Gasteiger partial charge in [0.05, 0.1) is 12.6 Å². The third kappa shape index (κ3) is 4.18. The van der Waals surface area contributed by atoms with Crippen LogP contribution < -0.4 is 5.32 Å². The molecule has 7 nitrogen and oxygen atoms in total. The molecule has 3 heterocycles. The van der Waals surface area contributed by atoms with Gasteiger partial charge in [-0.15, -0.1) is 0 Å². The molecule has 1 N–H and O–H groups in total. The molecule has 2 amide bonds. The summed E-state index contributed by atoms with van der Waals surface area (Å²) in [6, 6.07) is 3.71. The molecule has 4 rings (SSSR count). The van der Waals surface area contributed by atoms with Gasteiger partial charge in [0, 0.05) is 48.4 Å². The van der Waals surface area contributed by atoms with Crippen LogP contribution in [-0.2, 0) is 16.0 Å². The smallest absolute Gasteiger partial charge is 0.240 e. The number of aryl methyl sites for hydroxylation is 1. The summed E-state index contributed by atoms with van der Waals surface area (Å²) < 4.78 is 0. The fourth-order valence-electron chi connectivity index (χ4n) is 3.95. The number of pyridine rings is 1. The monoisotopic (exact) mass is 379 g/mol. The van der Waals surface area contributed by atoms with Gasteiger partial charge in [0.25, 0.3) is 0 Å². The minimum atomic E-state index is -0.107. The molecule has 1 aliphatic carbocycles. The molecule has 0 spiro atoms. The van der Waals surface area contributed by atoms with E-state index >= 15 is 0 Å². The average molecular weight is 379 g/mol. The van der Waals surface area contributed by atoms with Crippen molar-refractivity contribution >= 4 is 11.8 Å². The Bertz CT molecular complexity index is 855. The van der Waals surface area contributed by atoms with Crippen LogP contribution in [0.5, 0.6) is 0 Å². The van der Waals surface area contributed by atoms with Crippen molar-refractivity contribution in [2.45, 2.75) is 51.0 Å². The lowest BCUT2D eigenvalue weighted by Gasteiger charge is -2.27. The molecule has 28 heavy (non-hydrogen) atoms. The number of likely N-dealkylation sites (tertiary alicyclic amines) is 1. The summed E-state index contributed by atoms with van der Waals surface area (Å²) in [6.07, 6.45) is 11.5. The molecule has 0 bridgehead atoms. The topological polar surface area (TPSA) is 88.1 Å². The van der Waals surface area contributed by atoms with Gasteiger partial charge in [0.1, 0.15) is 0 Å². The summed E-state index contributed by atoms with van der Waals surface area (Å²) in [7, 11) is 0. The molecule has 0 aromatic carbocycles. The second kappa shape index (κ2) is 8.46. The van der Waals surface area contributed by atoms with Gasteiger partial charge in [-0.05, 0) is 44.2 Å². The van der Waals surface area contributed by atoms with E-state index in [0.29, 0.717) is 18.8 Å². The molecule has 1 saturated heterocycles. The van der Waals surface area contributed by atoms with E-state index in [2.05, 4.69) is 15.3 Å². The maximum absolute atomic E-state index is 12.6. The molecule has 2 aromatic rings. The average Bonchev–Trinajstić information content (AvgIpc) is 2.92. The van der Waals surface area contributed by atoms with Crippen molar-refractivity contribution in [1.29, 1.82) is 0 Å². The first-order chi connectivity index (χ1) is 13.7. The summed E-state index contributed by atoms with van der Waals surface area (Å²) >= 11 is 0. The quantitative estimate of drug-likeness (QED) is 0.881. The van der Waals surface area contributed by atoms with Crippen molar-refractivity contribution in [2.75, 3.05) is 13.1 Å². The number of carbonyl (C=O) groups excluding carboxylic acids is 2. The van der Waals surface area contributed by atoms with Crippen LogP contribution in [0, 0.1) is 0 Å². The van der Waals surface area contributed by atoms with Crippen molar-refractivity contribution in [3.05, 3.63) is 42.0 Å². The molecule has 2 aliphatic rings. The SMILES string of the molecule is O=C(CN1CCCCCC1=O)NC1CCCc2nc(-c3cccnc3)ncc21. The Morgan fingerprint density at radius 2 is 2.11 bits per heavy atom. The third-order valence-electron chi connectivity index (χ3n) is 5.44. The normalized spacial score (nSPS) is 19.6. The highest BCUT2D eigenvalue weighted by Crippen LogP contribution is 2.29. The maximum Gasteiger partial charge on any atom is 0.240 e. The second-order valence-electron chi connectivity index (χ2n) is 7.48. The van der Waals surface area contributed by atoms with Crippen LogP contribution in [-0.4, -0.2) is 44.8 Å². The number of aromatic nitrogens is 3. The van der Waals surface area contributed by atoms with E-state index in [4.69, 9.17) is 4.98 Å². The van der Waals surface area contributed by atoms with Crippen molar-refractivity contribution in [2.24, 2.45) is 0 Å². The van der Waals surface area contributed by atoms with E-state index in [-0.39, 0.29) is 24.4 Å². The predicted octanol–water partition coefficient (Wildman–Crippen LogP) is 2.43. The number of amides is 2. The Morgan fingerprint density at radius 3 is 2.96 bits per heavy atom. The zero-order chi connectivity index (χ0) is 19.3. The molecule has 0 radical (unpaired) electrons. The zero-order valence-electron chi connectivity index (χ0n) is 15.9. The molecule has 1 unspecified atom stereocenters. The number of hydrogen-bond acceptors (Lipinski definition) is 5. The van der Waals surface area contributed by atoms with Crippen LogP contribution in [0.15, 0.2) is 30.7 Å². The van der Waals surface area contributed by atoms with Gasteiger partial charge in [-0.3, -0.25) is 14.6 Å². The Balaban J connectivity index is 1.45. The van der Waals surface area contributed by atoms with Gasteiger partial charge in [-0.1, -0.05) is 6.42 Å². The number of nitrogens with zero attached hydrogens (tertiary/aromatic N) is 4. The highest BCUT2D eigenvalue weighted by atomic mass is 16.2. The summed E-state index contributed by atoms with van der Waals surface area (Å²) in [4.78, 5) is 39.7. The standard InChI is InChI=1S/C21H25N5O2/c27-19(14-26-11-3-1-2-9-20(26)28)24-17-7-4-8-18-16(17)13-23-21(25-18)15-6-5-10-22-12-15/h5-6,10,12-13,17H,1-4,7-9,11,14H2,(H,24,27). The van der Waals surface area contributed by atoms with Gasteiger partial charge >= 0.3 is 0 Å². The van der Waals surface area contributed by atoms with E-state index in [1.54, 1.807) is 17.3 Å². The van der Waals surface area contributed by atoms with E-state index in [0.717, 1.165) is 55.3 Å². The van der Waals surface area contributed by atoms with E-state index in [1.807, 2.05) is 18.3 Å². The lowest BCUT2D eigenvalue weighted by Crippen LogP contribution is -2.42. The zero-order valence-corrected chi connectivity index (χ0v) is 15.9. The first-order valence-corrected chi connectivity index (χ1v) is 10.0. The summed E-state index contributed by atoms with van der Waals surface area (Å²) in [5, 5.41) is 3.10. The first-order valence-electron chi connectivity index (χ1n) is 10.0. The van der Waals surface area contributed by atoms with Crippen LogP contribution in [0.4, 0.5) is 0 Å². The van der Waals surface area contributed by atoms with Crippen LogP contribution in [0.3, 0.4) is 0 Å². The predicted molar refractivity (Wildman–Crippen MR) is 104 cm³/mol. The first kappa shape index (κ1) is 18.5. The second-order valence-corrected chi connectivity index (χ2v) is 7.48. The highest BCUT2D eigenvalue weighted by Gasteiger charge is 2.26. The number of nitrogens with one attached hydrogen (secondary N) is 1. The van der Waals surface area contributed by atoms with Crippen molar-refractivity contribution in [3.8, 4) is 11.4 Å². The van der Waals surface area contributed by atoms with Crippen LogP contribution >= 0.6 is 0 Å². The molecule has 0 saturated carbocycles. The number of carbonyl (C=O) groups is 2. The Morgan fingerprint density at radius 1 is 1.18 bits per heavy atom. The molecule has 146 valence electrons. The molecule has 7 heteroatoms. The fourth-order valence-corrected chi connectivity index (χ4v) is 3.95. The largest absolute Gasteiger partial charge is 0.348 e. The van der Waals surface area contributed by atoms with E-state index < -0.39 is 0 Å². The number of hydrogen-bond donors (Lipinski definition) is 1. The van der Waals surface area contributed by atoms with Crippen molar-refractivity contribution in [3.63, 3.8) is 0 Å². The van der Waals surface area contributed by atoms with E-state index in [9.17, 15) is 9.59 Å². The Hall–Kier alpha value is -2.83. The van der Waals surface area contributed by atoms with Crippen LogP contribution in [0.25, 0.3) is 11.4 Å². The van der Waals surface area contributed by atoms with Gasteiger partial charge in [0.15, 0.2) is 5.82 Å². The maximum atomic E-state index is 12.6. The summed E-state index contributed by atoms with van der Waals surface area (Å²) in [5.41, 5.74) is 2.85. The number of rotatable bonds is 4. The van der Waals surface area contributed by atoms with E-state index in [1.165, 1.54) is 0 Å². The minimum absolute atomic E-state index is 0.0844. The molecule has 1 aliphatic heterocycles. The number of fused-ring (bicyclic) bond motifs is 1. The van der Waals surface area contributed by atoms with Crippen molar-refractivity contribution < 1.29 is 9.59 Å². The lowest BCUT2D eigenvalue weighted by molar-refractivity contribution is -0.135. The minimum Gasteiger partial charge on any atom is -0.348 e. The molecular weight excluding hydrogens is 354 g/mol. The molecular formula is C21H25N5O2. The fraction of sp³-hybridized carbons (Fsp3) is 0.476. The highest BCUT2D eigenvalue weighted by molar-refractivity contribution is 5.85. The van der Waals surface area contributed by atoms with Crippen LogP contribution in [0.2, 0.25) is 0 Å². The van der Waals surface area contributed by atoms with Gasteiger partial charge < -0.3 is 10.2 Å².